The van der Waals surface area contributed by atoms with E-state index < -0.39 is 48.1 Å². The standard InChI is InChI=1S/C38H44BrN5O8/c1-38(2,3)22-10-21(11-23(39)14-22)34(28(36(51)52)16-32(49)35-29(19-45)27-6-4-5-7-30(27)43-35)44-33(50)9-8-31(48)20-12-24(15-25(46)13-20)42-37-40-17-26(47)18-41-37/h4-7,10-15,19,26,28-29,31-32,34,46-49H,8-9,16-18H2,1-3H3,(H,44,50)(H,51,52)(H2,40,41,42)/t28-,29?,31?,32?,34?/m0/s1. The average molecular weight is 779 g/mol. The molecule has 0 fully saturated rings. The van der Waals surface area contributed by atoms with Crippen molar-refractivity contribution >= 4 is 57.1 Å². The van der Waals surface area contributed by atoms with Gasteiger partial charge in [0.05, 0.1) is 54.1 Å². The van der Waals surface area contributed by atoms with Gasteiger partial charge in [-0.1, -0.05) is 61.0 Å². The summed E-state index contributed by atoms with van der Waals surface area (Å²) in [7, 11) is 0. The van der Waals surface area contributed by atoms with Crippen molar-refractivity contribution in [2.24, 2.45) is 15.9 Å². The van der Waals surface area contributed by atoms with Gasteiger partial charge >= 0.3 is 5.97 Å². The number of nitrogens with zero attached hydrogens (tertiary/aromatic N) is 2. The third kappa shape index (κ3) is 9.42. The monoisotopic (exact) mass is 777 g/mol. The van der Waals surface area contributed by atoms with E-state index in [4.69, 9.17) is 0 Å². The van der Waals surface area contributed by atoms with Crippen molar-refractivity contribution in [3.8, 4) is 5.75 Å². The number of hydrogen-bond acceptors (Lipinski definition) is 11. The van der Waals surface area contributed by atoms with Crippen LogP contribution in [-0.4, -0.2) is 80.7 Å². The van der Waals surface area contributed by atoms with Gasteiger partial charge in [-0.2, -0.15) is 0 Å². The molecule has 2 heterocycles. The summed E-state index contributed by atoms with van der Waals surface area (Å²) in [6.07, 6.45) is -3.12. The number of para-hydroxylation sites is 1. The molecular formula is C38H44BrN5O8. The molecule has 8 N–H and O–H groups in total. The highest BCUT2D eigenvalue weighted by Gasteiger charge is 2.38. The van der Waals surface area contributed by atoms with Gasteiger partial charge in [-0.3, -0.25) is 19.6 Å². The summed E-state index contributed by atoms with van der Waals surface area (Å²) in [5.74, 6) is -3.72. The predicted molar refractivity (Wildman–Crippen MR) is 200 cm³/mol. The third-order valence-electron chi connectivity index (χ3n) is 9.17. The van der Waals surface area contributed by atoms with E-state index >= 15 is 0 Å². The fourth-order valence-electron chi connectivity index (χ4n) is 6.36. The van der Waals surface area contributed by atoms with Gasteiger partial charge in [0.2, 0.25) is 5.91 Å². The van der Waals surface area contributed by atoms with Crippen LogP contribution in [0.15, 0.2) is 75.1 Å². The van der Waals surface area contributed by atoms with Crippen molar-refractivity contribution in [2.45, 2.75) is 75.7 Å². The molecule has 2 aliphatic heterocycles. The number of aliphatic hydroxyl groups is 3. The molecule has 5 unspecified atom stereocenters. The lowest BCUT2D eigenvalue weighted by molar-refractivity contribution is -0.144. The molecule has 1 amide bonds. The number of phenolic OH excluding ortho intramolecular Hbond substituents is 1. The highest BCUT2D eigenvalue weighted by molar-refractivity contribution is 9.10. The number of phenols is 1. The van der Waals surface area contributed by atoms with Crippen molar-refractivity contribution in [3.05, 3.63) is 87.4 Å². The lowest BCUT2D eigenvalue weighted by Crippen LogP contribution is -2.42. The Balaban J connectivity index is 1.37. The van der Waals surface area contributed by atoms with E-state index in [1.807, 2.05) is 32.9 Å². The van der Waals surface area contributed by atoms with E-state index in [1.54, 1.807) is 36.4 Å². The van der Waals surface area contributed by atoms with Crippen LogP contribution in [0.1, 0.15) is 80.4 Å². The third-order valence-corrected chi connectivity index (χ3v) is 9.63. The maximum Gasteiger partial charge on any atom is 0.309 e. The number of carbonyl (C=O) groups is 3. The van der Waals surface area contributed by atoms with Gasteiger partial charge in [0.15, 0.2) is 5.96 Å². The first-order valence-corrected chi connectivity index (χ1v) is 17.8. The molecule has 3 aromatic carbocycles. The fourth-order valence-corrected chi connectivity index (χ4v) is 6.87. The van der Waals surface area contributed by atoms with Gasteiger partial charge in [0.1, 0.15) is 12.0 Å². The molecule has 0 saturated carbocycles. The summed E-state index contributed by atoms with van der Waals surface area (Å²) in [5, 5.41) is 61.9. The number of anilines is 1. The van der Waals surface area contributed by atoms with Crippen LogP contribution in [0.5, 0.6) is 5.75 Å². The first-order chi connectivity index (χ1) is 24.6. The molecular weight excluding hydrogens is 734 g/mol. The predicted octanol–water partition coefficient (Wildman–Crippen LogP) is 4.38. The molecule has 52 heavy (non-hydrogen) atoms. The second-order valence-corrected chi connectivity index (χ2v) is 15.1. The SMILES string of the molecule is CC(C)(C)c1cc(Br)cc(C(NC(=O)CCC(O)c2cc(O)cc(NC3=NCC(O)CN3)c2)[C@H](CC(O)C2=Nc3ccccc3C2C=O)C(=O)O)c1. The molecule has 5 rings (SSSR count). The molecule has 0 spiro atoms. The second-order valence-electron chi connectivity index (χ2n) is 14.2. The van der Waals surface area contributed by atoms with Crippen molar-refractivity contribution in [3.63, 3.8) is 0 Å². The number of amides is 1. The smallest absolute Gasteiger partial charge is 0.309 e. The van der Waals surface area contributed by atoms with E-state index in [9.17, 15) is 39.9 Å². The maximum absolute atomic E-state index is 13.6. The number of aldehydes is 1. The summed E-state index contributed by atoms with van der Waals surface area (Å²) >= 11 is 3.54. The number of halogens is 1. The molecule has 6 atom stereocenters. The zero-order valence-corrected chi connectivity index (χ0v) is 30.7. The second kappa shape index (κ2) is 16.4. The summed E-state index contributed by atoms with van der Waals surface area (Å²) in [5.41, 5.74) is 3.10. The molecule has 13 nitrogen and oxygen atoms in total. The lowest BCUT2D eigenvalue weighted by Gasteiger charge is -2.30. The van der Waals surface area contributed by atoms with Crippen molar-refractivity contribution in [2.75, 3.05) is 18.4 Å². The number of carboxylic acid groups (broad SMARTS) is 1. The van der Waals surface area contributed by atoms with Crippen molar-refractivity contribution in [1.29, 1.82) is 0 Å². The number of carboxylic acids is 1. The van der Waals surface area contributed by atoms with Crippen LogP contribution in [0.25, 0.3) is 0 Å². The van der Waals surface area contributed by atoms with Crippen molar-refractivity contribution < 1.29 is 39.9 Å². The minimum Gasteiger partial charge on any atom is -0.508 e. The minimum absolute atomic E-state index is 0.0605. The number of aliphatic hydroxyl groups excluding tert-OH is 3. The quantitative estimate of drug-likeness (QED) is 0.115. The number of aromatic hydroxyl groups is 1. The molecule has 3 aromatic rings. The number of aliphatic carboxylic acids is 1. The van der Waals surface area contributed by atoms with Gasteiger partial charge in [-0.25, -0.2) is 0 Å². The number of hydrogen-bond donors (Lipinski definition) is 8. The van der Waals surface area contributed by atoms with Crippen LogP contribution in [0, 0.1) is 5.92 Å². The van der Waals surface area contributed by atoms with Gasteiger partial charge in [-0.05, 0) is 70.8 Å². The summed E-state index contributed by atoms with van der Waals surface area (Å²) in [4.78, 5) is 47.4. The topological polar surface area (TPSA) is 213 Å². The Morgan fingerprint density at radius 2 is 1.81 bits per heavy atom. The number of aliphatic imine (C=N–C) groups is 2. The summed E-state index contributed by atoms with van der Waals surface area (Å²) in [6.45, 7) is 6.53. The van der Waals surface area contributed by atoms with Crippen LogP contribution in [0.3, 0.4) is 0 Å². The number of guanidine groups is 1. The number of rotatable bonds is 13. The van der Waals surface area contributed by atoms with Crippen LogP contribution < -0.4 is 16.0 Å². The van der Waals surface area contributed by atoms with E-state index in [0.717, 1.165) is 5.56 Å². The van der Waals surface area contributed by atoms with Gasteiger partial charge in [0.25, 0.3) is 0 Å². The largest absolute Gasteiger partial charge is 0.508 e. The molecule has 2 aliphatic rings. The highest BCUT2D eigenvalue weighted by Crippen LogP contribution is 2.38. The minimum atomic E-state index is -1.41. The van der Waals surface area contributed by atoms with Crippen LogP contribution in [0.2, 0.25) is 0 Å². The van der Waals surface area contributed by atoms with Crippen molar-refractivity contribution in [1.82, 2.24) is 10.6 Å². The number of β-amino-alcohol motifs (C(OH)–C–C–N with tert-alkyl or cyclic N) is 1. The molecule has 0 saturated heterocycles. The molecule has 0 radical (unpaired) electrons. The van der Waals surface area contributed by atoms with Crippen LogP contribution in [0.4, 0.5) is 11.4 Å². The Hall–Kier alpha value is -4.63. The number of nitrogens with one attached hydrogen (secondary N) is 3. The fraction of sp³-hybridized carbons (Fsp3) is 0.395. The Morgan fingerprint density at radius 3 is 2.48 bits per heavy atom. The summed E-state index contributed by atoms with van der Waals surface area (Å²) < 4.78 is 0.671. The Labute approximate surface area is 310 Å². The Kier molecular flexibility index (Phi) is 12.1. The molecule has 0 bridgehead atoms. The highest BCUT2D eigenvalue weighted by atomic mass is 79.9. The van der Waals surface area contributed by atoms with Crippen LogP contribution in [-0.2, 0) is 19.8 Å². The number of benzene rings is 3. The molecule has 0 aliphatic carbocycles. The molecule has 14 heteroatoms. The first-order valence-electron chi connectivity index (χ1n) is 17.0. The number of carbonyl (C=O) groups excluding carboxylic acids is 2. The maximum atomic E-state index is 13.6. The van der Waals surface area contributed by atoms with Gasteiger partial charge < -0.3 is 46.3 Å². The van der Waals surface area contributed by atoms with E-state index in [1.165, 1.54) is 12.1 Å². The first kappa shape index (κ1) is 38.6. The van der Waals surface area contributed by atoms with Gasteiger partial charge in [0, 0.05) is 29.2 Å². The zero-order chi connectivity index (χ0) is 37.7. The Morgan fingerprint density at radius 1 is 1.06 bits per heavy atom. The van der Waals surface area contributed by atoms with Crippen LogP contribution >= 0.6 is 15.9 Å². The lowest BCUT2D eigenvalue weighted by atomic mass is 9.81. The Bertz CT molecular complexity index is 1880. The van der Waals surface area contributed by atoms with E-state index in [-0.39, 0.29) is 42.7 Å². The molecule has 0 aromatic heterocycles. The normalized spacial score (nSPS) is 19.2. The van der Waals surface area contributed by atoms with E-state index in [0.29, 0.717) is 51.3 Å². The van der Waals surface area contributed by atoms with Gasteiger partial charge in [-0.15, -0.1) is 0 Å². The summed E-state index contributed by atoms with van der Waals surface area (Å²) in [6, 6.07) is 15.8. The average Bonchev–Trinajstić information content (AvgIpc) is 3.47. The van der Waals surface area contributed by atoms with E-state index in [2.05, 4.69) is 41.9 Å². The zero-order valence-electron chi connectivity index (χ0n) is 29.1. The number of fused-ring (bicyclic) bond motifs is 1. The molecule has 276 valence electrons.